The van der Waals surface area contributed by atoms with Crippen molar-refractivity contribution in [3.8, 4) is 0 Å². The van der Waals surface area contributed by atoms with Crippen LogP contribution in [-0.2, 0) is 14.8 Å². The number of aromatic nitrogens is 1. The minimum absolute atomic E-state index is 0.147. The van der Waals surface area contributed by atoms with E-state index in [-0.39, 0.29) is 29.9 Å². The summed E-state index contributed by atoms with van der Waals surface area (Å²) in [6.07, 6.45) is 3.60. The lowest BCUT2D eigenvalue weighted by molar-refractivity contribution is -0.120. The number of halogens is 1. The molecule has 2 N–H and O–H groups in total. The fourth-order valence-corrected chi connectivity index (χ4v) is 5.08. The fraction of sp³-hybridized carbons (Fsp3) is 0.375. The van der Waals surface area contributed by atoms with Crippen molar-refractivity contribution in [2.24, 2.45) is 0 Å². The van der Waals surface area contributed by atoms with E-state index in [1.165, 1.54) is 10.5 Å². The topological polar surface area (TPSA) is 91.4 Å². The normalized spacial score (nSPS) is 18.6. The number of likely N-dealkylation sites (N-methyl/N-ethyl adjacent to an activating group) is 1. The highest BCUT2D eigenvalue weighted by Crippen LogP contribution is 2.31. The Morgan fingerprint density at radius 3 is 2.96 bits per heavy atom. The van der Waals surface area contributed by atoms with Gasteiger partial charge >= 0.3 is 0 Å². The van der Waals surface area contributed by atoms with Crippen LogP contribution in [0.3, 0.4) is 0 Å². The molecule has 0 unspecified atom stereocenters. The number of nitrogens with zero attached hydrogens (tertiary/aromatic N) is 2. The zero-order valence-electron chi connectivity index (χ0n) is 13.7. The number of benzene rings is 1. The summed E-state index contributed by atoms with van der Waals surface area (Å²) >= 11 is 6.20. The number of nitrogens with one attached hydrogen (secondary N) is 2. The highest BCUT2D eigenvalue weighted by Gasteiger charge is 2.34. The van der Waals surface area contributed by atoms with Gasteiger partial charge in [-0.2, -0.15) is 4.31 Å². The average molecular weight is 383 g/mol. The van der Waals surface area contributed by atoms with Crippen LogP contribution < -0.4 is 10.6 Å². The van der Waals surface area contributed by atoms with Gasteiger partial charge in [-0.15, -0.1) is 0 Å². The smallest absolute Gasteiger partial charge is 0.243 e. The lowest BCUT2D eigenvalue weighted by Crippen LogP contribution is -2.41. The third kappa shape index (κ3) is 3.62. The minimum atomic E-state index is -3.71. The van der Waals surface area contributed by atoms with Gasteiger partial charge < -0.3 is 10.6 Å². The van der Waals surface area contributed by atoms with Crippen molar-refractivity contribution in [3.63, 3.8) is 0 Å². The Morgan fingerprint density at radius 2 is 2.20 bits per heavy atom. The molecule has 2 aromatic rings. The van der Waals surface area contributed by atoms with E-state index in [2.05, 4.69) is 15.6 Å². The Morgan fingerprint density at radius 1 is 1.40 bits per heavy atom. The van der Waals surface area contributed by atoms with Gasteiger partial charge in [-0.1, -0.05) is 23.7 Å². The van der Waals surface area contributed by atoms with Crippen LogP contribution in [0.1, 0.15) is 6.42 Å². The van der Waals surface area contributed by atoms with Crippen molar-refractivity contribution < 1.29 is 13.2 Å². The number of pyridine rings is 1. The molecule has 0 radical (unpaired) electrons. The molecule has 1 atom stereocenters. The van der Waals surface area contributed by atoms with Crippen LogP contribution in [0.4, 0.5) is 0 Å². The van der Waals surface area contributed by atoms with Crippen molar-refractivity contribution >= 4 is 38.3 Å². The third-order valence-electron chi connectivity index (χ3n) is 4.17. The maximum absolute atomic E-state index is 13.1. The van der Waals surface area contributed by atoms with Gasteiger partial charge in [0.05, 0.1) is 16.5 Å². The molecular formula is C16H19ClN4O3S. The maximum atomic E-state index is 13.1. The molecule has 0 bridgehead atoms. The summed E-state index contributed by atoms with van der Waals surface area (Å²) in [5.74, 6) is -0.147. The molecule has 2 heterocycles. The van der Waals surface area contributed by atoms with Crippen LogP contribution in [0.5, 0.6) is 0 Å². The number of hydrogen-bond donors (Lipinski definition) is 2. The molecule has 0 aliphatic carbocycles. The van der Waals surface area contributed by atoms with E-state index in [1.807, 2.05) is 0 Å². The van der Waals surface area contributed by atoms with E-state index in [0.29, 0.717) is 28.8 Å². The second-order valence-electron chi connectivity index (χ2n) is 5.92. The molecule has 1 aromatic carbocycles. The highest BCUT2D eigenvalue weighted by atomic mass is 35.5. The lowest BCUT2D eigenvalue weighted by atomic mass is 10.2. The van der Waals surface area contributed by atoms with Gasteiger partial charge in [0.2, 0.25) is 15.9 Å². The van der Waals surface area contributed by atoms with E-state index >= 15 is 0 Å². The Balaban J connectivity index is 1.87. The first-order valence-electron chi connectivity index (χ1n) is 7.90. The van der Waals surface area contributed by atoms with Gasteiger partial charge in [0, 0.05) is 42.3 Å². The predicted octanol–water partition coefficient (Wildman–Crippen LogP) is 0.987. The maximum Gasteiger partial charge on any atom is 0.243 e. The summed E-state index contributed by atoms with van der Waals surface area (Å²) in [7, 11) is -2.03. The summed E-state index contributed by atoms with van der Waals surface area (Å²) < 4.78 is 27.6. The van der Waals surface area contributed by atoms with E-state index in [4.69, 9.17) is 11.6 Å². The van der Waals surface area contributed by atoms with Crippen LogP contribution in [0.2, 0.25) is 5.02 Å². The van der Waals surface area contributed by atoms with Crippen molar-refractivity contribution in [2.45, 2.75) is 17.4 Å². The number of amides is 1. The number of hydrogen-bond acceptors (Lipinski definition) is 5. The molecule has 1 fully saturated rings. The first kappa shape index (κ1) is 18.1. The molecular weight excluding hydrogens is 364 g/mol. The molecule has 1 aliphatic heterocycles. The molecule has 1 amide bonds. The van der Waals surface area contributed by atoms with Gasteiger partial charge in [0.25, 0.3) is 0 Å². The molecule has 0 spiro atoms. The van der Waals surface area contributed by atoms with Gasteiger partial charge in [-0.3, -0.25) is 9.78 Å². The Bertz CT molecular complexity index is 898. The van der Waals surface area contributed by atoms with Crippen LogP contribution >= 0.6 is 11.6 Å². The average Bonchev–Trinajstić information content (AvgIpc) is 3.04. The SMILES string of the molecule is CNCC(=O)N[C@H]1CCN(S(=O)(=O)c2cccc3cncc(Cl)c23)C1. The Hall–Kier alpha value is -1.74. The number of fused-ring (bicyclic) bond motifs is 1. The summed E-state index contributed by atoms with van der Waals surface area (Å²) in [6.45, 7) is 0.804. The van der Waals surface area contributed by atoms with Crippen molar-refractivity contribution in [1.29, 1.82) is 0 Å². The van der Waals surface area contributed by atoms with Crippen LogP contribution in [-0.4, -0.2) is 56.3 Å². The van der Waals surface area contributed by atoms with Gasteiger partial charge in [0.1, 0.15) is 0 Å². The molecule has 9 heteroatoms. The monoisotopic (exact) mass is 382 g/mol. The van der Waals surface area contributed by atoms with Crippen molar-refractivity contribution in [1.82, 2.24) is 19.9 Å². The number of carbonyl (C=O) groups is 1. The Labute approximate surface area is 151 Å². The summed E-state index contributed by atoms with van der Waals surface area (Å²) in [6, 6.07) is 4.81. The van der Waals surface area contributed by atoms with E-state index in [0.717, 1.165) is 0 Å². The van der Waals surface area contributed by atoms with Crippen molar-refractivity contribution in [2.75, 3.05) is 26.7 Å². The van der Waals surface area contributed by atoms with Crippen LogP contribution in [0.15, 0.2) is 35.5 Å². The van der Waals surface area contributed by atoms with Crippen LogP contribution in [0, 0.1) is 0 Å². The number of rotatable bonds is 5. The number of carbonyl (C=O) groups excluding carboxylic acids is 1. The molecule has 7 nitrogen and oxygen atoms in total. The van der Waals surface area contributed by atoms with Gasteiger partial charge in [-0.05, 0) is 19.5 Å². The fourth-order valence-electron chi connectivity index (χ4n) is 3.02. The van der Waals surface area contributed by atoms with Crippen molar-refractivity contribution in [3.05, 3.63) is 35.6 Å². The highest BCUT2D eigenvalue weighted by molar-refractivity contribution is 7.89. The molecule has 1 aromatic heterocycles. The molecule has 1 saturated heterocycles. The molecule has 0 saturated carbocycles. The minimum Gasteiger partial charge on any atom is -0.351 e. The van der Waals surface area contributed by atoms with E-state index < -0.39 is 10.0 Å². The third-order valence-corrected chi connectivity index (χ3v) is 6.36. The largest absolute Gasteiger partial charge is 0.351 e. The Kier molecular flexibility index (Phi) is 5.24. The summed E-state index contributed by atoms with van der Waals surface area (Å²) in [5, 5.41) is 7.06. The first-order valence-corrected chi connectivity index (χ1v) is 9.71. The zero-order valence-corrected chi connectivity index (χ0v) is 15.3. The second-order valence-corrected chi connectivity index (χ2v) is 8.24. The second kappa shape index (κ2) is 7.25. The standard InChI is InChI=1S/C16H19ClN4O3S/c1-18-9-15(22)20-12-5-6-21(10-12)25(23,24)14-4-2-3-11-7-19-8-13(17)16(11)14/h2-4,7-8,12,18H,5-6,9-10H2,1H3,(H,20,22)/t12-/m0/s1. The van der Waals surface area contributed by atoms with Gasteiger partial charge in [0.15, 0.2) is 0 Å². The van der Waals surface area contributed by atoms with E-state index in [9.17, 15) is 13.2 Å². The summed E-state index contributed by atoms with van der Waals surface area (Å²) in [4.78, 5) is 15.8. The molecule has 134 valence electrons. The lowest BCUT2D eigenvalue weighted by Gasteiger charge is -2.18. The quantitative estimate of drug-likeness (QED) is 0.804. The first-order chi connectivity index (χ1) is 11.9. The number of sulfonamides is 1. The van der Waals surface area contributed by atoms with Gasteiger partial charge in [-0.25, -0.2) is 8.42 Å². The summed E-state index contributed by atoms with van der Waals surface area (Å²) in [5.41, 5.74) is 0. The predicted molar refractivity (Wildman–Crippen MR) is 96.0 cm³/mol. The van der Waals surface area contributed by atoms with E-state index in [1.54, 1.807) is 31.4 Å². The molecule has 1 aliphatic rings. The molecule has 25 heavy (non-hydrogen) atoms. The zero-order chi connectivity index (χ0) is 18.0. The van der Waals surface area contributed by atoms with Crippen LogP contribution in [0.25, 0.3) is 10.8 Å². The molecule has 3 rings (SSSR count).